The van der Waals surface area contributed by atoms with Crippen molar-refractivity contribution in [3.05, 3.63) is 35.6 Å². The molecule has 1 aliphatic heterocycles. The zero-order chi connectivity index (χ0) is 15.2. The van der Waals surface area contributed by atoms with Crippen LogP contribution >= 0.6 is 23.5 Å². The largest absolute Gasteiger partial charge is 0.313 e. The van der Waals surface area contributed by atoms with Crippen LogP contribution in [0.5, 0.6) is 0 Å². The van der Waals surface area contributed by atoms with Crippen LogP contribution in [0, 0.1) is 5.82 Å². The van der Waals surface area contributed by atoms with Crippen molar-refractivity contribution in [1.29, 1.82) is 0 Å². The Morgan fingerprint density at radius 1 is 1.24 bits per heavy atom. The molecule has 0 bridgehead atoms. The first-order valence-corrected chi connectivity index (χ1v) is 9.84. The Bertz CT molecular complexity index is 423. The lowest BCUT2D eigenvalue weighted by Crippen LogP contribution is -2.45. The number of hydrogen-bond acceptors (Lipinski definition) is 3. The van der Waals surface area contributed by atoms with Gasteiger partial charge in [-0.3, -0.25) is 0 Å². The lowest BCUT2D eigenvalue weighted by Gasteiger charge is -2.36. The summed E-state index contributed by atoms with van der Waals surface area (Å²) in [6.07, 6.45) is 2.13. The van der Waals surface area contributed by atoms with Gasteiger partial charge in [0.2, 0.25) is 0 Å². The molecule has 118 valence electrons. The van der Waals surface area contributed by atoms with Crippen LogP contribution in [0.3, 0.4) is 0 Å². The number of hydrogen-bond donors (Lipinski definition) is 1. The van der Waals surface area contributed by atoms with Crippen LogP contribution in [0.1, 0.15) is 32.8 Å². The summed E-state index contributed by atoms with van der Waals surface area (Å²) in [5, 5.41) is 5.79. The van der Waals surface area contributed by atoms with Crippen molar-refractivity contribution in [2.24, 2.45) is 0 Å². The molecule has 1 heterocycles. The molecule has 0 aromatic heterocycles. The van der Waals surface area contributed by atoms with Crippen molar-refractivity contribution < 1.29 is 4.39 Å². The third-order valence-electron chi connectivity index (χ3n) is 4.05. The van der Waals surface area contributed by atoms with Crippen molar-refractivity contribution in [2.45, 2.75) is 55.4 Å². The molecular formula is C17H26FNS2. The smallest absolute Gasteiger partial charge is 0.123 e. The van der Waals surface area contributed by atoms with Gasteiger partial charge < -0.3 is 5.32 Å². The molecule has 1 nitrogen and oxygen atoms in total. The normalized spacial score (nSPS) is 27.5. The maximum Gasteiger partial charge on any atom is 0.123 e. The van der Waals surface area contributed by atoms with Gasteiger partial charge in [-0.25, -0.2) is 4.39 Å². The molecule has 0 radical (unpaired) electrons. The summed E-state index contributed by atoms with van der Waals surface area (Å²) >= 11 is 4.21. The Balaban J connectivity index is 2.01. The van der Waals surface area contributed by atoms with Crippen LogP contribution in [0.2, 0.25) is 0 Å². The van der Waals surface area contributed by atoms with E-state index in [2.05, 4.69) is 49.6 Å². The van der Waals surface area contributed by atoms with Gasteiger partial charge in [-0.15, -0.1) is 0 Å². The van der Waals surface area contributed by atoms with Crippen molar-refractivity contribution >= 4 is 23.5 Å². The van der Waals surface area contributed by atoms with E-state index < -0.39 is 0 Å². The molecule has 0 aliphatic carbocycles. The van der Waals surface area contributed by atoms with E-state index in [4.69, 9.17) is 0 Å². The van der Waals surface area contributed by atoms with Crippen molar-refractivity contribution in [2.75, 3.05) is 12.3 Å². The lowest BCUT2D eigenvalue weighted by molar-refractivity contribution is 0.503. The van der Waals surface area contributed by atoms with Gasteiger partial charge in [0.1, 0.15) is 5.82 Å². The van der Waals surface area contributed by atoms with Gasteiger partial charge in [-0.05, 0) is 37.1 Å². The summed E-state index contributed by atoms with van der Waals surface area (Å²) in [4.78, 5) is 0. The zero-order valence-electron chi connectivity index (χ0n) is 13.1. The SMILES string of the molecule is CCCNC(Cc1ccc(F)cc1)C1CSC(C)C(C)S1. The second-order valence-corrected chi connectivity index (χ2v) is 8.84. The molecule has 1 aromatic carbocycles. The Labute approximate surface area is 136 Å². The van der Waals surface area contributed by atoms with Gasteiger partial charge >= 0.3 is 0 Å². The first-order chi connectivity index (χ1) is 10.1. The van der Waals surface area contributed by atoms with Gasteiger partial charge in [0.25, 0.3) is 0 Å². The highest BCUT2D eigenvalue weighted by atomic mass is 32.2. The first kappa shape index (κ1) is 17.2. The Hall–Kier alpha value is -0.190. The van der Waals surface area contributed by atoms with Gasteiger partial charge in [0.15, 0.2) is 0 Å². The third-order valence-corrected chi connectivity index (χ3v) is 7.60. The molecule has 2 rings (SSSR count). The summed E-state index contributed by atoms with van der Waals surface area (Å²) < 4.78 is 13.1. The molecule has 0 saturated carbocycles. The predicted molar refractivity (Wildman–Crippen MR) is 94.9 cm³/mol. The lowest BCUT2D eigenvalue weighted by atomic mass is 10.0. The molecular weight excluding hydrogens is 301 g/mol. The third kappa shape index (κ3) is 5.19. The number of thioether (sulfide) groups is 2. The maximum atomic E-state index is 13.1. The van der Waals surface area contributed by atoms with Crippen LogP contribution in [-0.4, -0.2) is 34.1 Å². The Kier molecular flexibility index (Phi) is 6.90. The van der Waals surface area contributed by atoms with Crippen molar-refractivity contribution in [3.63, 3.8) is 0 Å². The predicted octanol–water partition coefficient (Wildman–Crippen LogP) is 4.36. The molecule has 4 heteroatoms. The fourth-order valence-corrected chi connectivity index (χ4v) is 5.69. The quantitative estimate of drug-likeness (QED) is 0.833. The molecule has 1 saturated heterocycles. The van der Waals surface area contributed by atoms with Crippen LogP contribution < -0.4 is 5.32 Å². The maximum absolute atomic E-state index is 13.1. The Morgan fingerprint density at radius 3 is 2.57 bits per heavy atom. The number of rotatable bonds is 6. The second kappa shape index (κ2) is 8.44. The molecule has 4 unspecified atom stereocenters. The van der Waals surface area contributed by atoms with Gasteiger partial charge in [-0.1, -0.05) is 32.9 Å². The minimum Gasteiger partial charge on any atom is -0.313 e. The van der Waals surface area contributed by atoms with E-state index in [-0.39, 0.29) is 5.82 Å². The average molecular weight is 328 g/mol. The number of nitrogens with one attached hydrogen (secondary N) is 1. The van der Waals surface area contributed by atoms with E-state index in [1.165, 1.54) is 11.3 Å². The molecule has 0 spiro atoms. The van der Waals surface area contributed by atoms with Gasteiger partial charge in [-0.2, -0.15) is 23.5 Å². The standard InChI is InChI=1S/C17H26FNS2/c1-4-9-19-16(10-14-5-7-15(18)8-6-14)17-11-20-12(2)13(3)21-17/h5-8,12-13,16-17,19H,4,9-11H2,1-3H3. The van der Waals surface area contributed by atoms with Gasteiger partial charge in [0, 0.05) is 27.5 Å². The van der Waals surface area contributed by atoms with E-state index in [1.807, 2.05) is 12.1 Å². The summed E-state index contributed by atoms with van der Waals surface area (Å²) in [6.45, 7) is 7.92. The van der Waals surface area contributed by atoms with Gasteiger partial charge in [0.05, 0.1) is 0 Å². The van der Waals surface area contributed by atoms with E-state index in [0.717, 1.165) is 24.6 Å². The molecule has 0 amide bonds. The number of benzene rings is 1. The van der Waals surface area contributed by atoms with E-state index >= 15 is 0 Å². The fraction of sp³-hybridized carbons (Fsp3) is 0.647. The molecule has 1 N–H and O–H groups in total. The van der Waals surface area contributed by atoms with E-state index in [0.29, 0.717) is 16.5 Å². The highest BCUT2D eigenvalue weighted by molar-refractivity contribution is 8.07. The molecule has 1 fully saturated rings. The molecule has 1 aromatic rings. The van der Waals surface area contributed by atoms with Crippen molar-refractivity contribution in [3.8, 4) is 0 Å². The minimum absolute atomic E-state index is 0.151. The summed E-state index contributed by atoms with van der Waals surface area (Å²) in [7, 11) is 0. The molecule has 1 aliphatic rings. The molecule has 4 atom stereocenters. The fourth-order valence-electron chi connectivity index (χ4n) is 2.56. The summed E-state index contributed by atoms with van der Waals surface area (Å²) in [5.74, 6) is 1.06. The van der Waals surface area contributed by atoms with Crippen LogP contribution in [0.4, 0.5) is 4.39 Å². The van der Waals surface area contributed by atoms with Crippen LogP contribution in [-0.2, 0) is 6.42 Å². The first-order valence-electron chi connectivity index (χ1n) is 7.85. The summed E-state index contributed by atoms with van der Waals surface area (Å²) in [6, 6.07) is 7.45. The summed E-state index contributed by atoms with van der Waals surface area (Å²) in [5.41, 5.74) is 1.22. The van der Waals surface area contributed by atoms with E-state index in [1.54, 1.807) is 12.1 Å². The van der Waals surface area contributed by atoms with Crippen LogP contribution in [0.15, 0.2) is 24.3 Å². The van der Waals surface area contributed by atoms with Crippen molar-refractivity contribution in [1.82, 2.24) is 5.32 Å². The number of halogens is 1. The second-order valence-electron chi connectivity index (χ2n) is 5.81. The zero-order valence-corrected chi connectivity index (χ0v) is 14.8. The van der Waals surface area contributed by atoms with Crippen LogP contribution in [0.25, 0.3) is 0 Å². The monoisotopic (exact) mass is 327 g/mol. The highest BCUT2D eigenvalue weighted by Crippen LogP contribution is 2.37. The highest BCUT2D eigenvalue weighted by Gasteiger charge is 2.31. The molecule has 21 heavy (non-hydrogen) atoms. The Morgan fingerprint density at radius 2 is 1.95 bits per heavy atom. The topological polar surface area (TPSA) is 12.0 Å². The average Bonchev–Trinajstić information content (AvgIpc) is 2.48. The van der Waals surface area contributed by atoms with E-state index in [9.17, 15) is 4.39 Å². The minimum atomic E-state index is -0.151.